The molecule has 2 aliphatic rings. The molecule has 14 heavy (non-hydrogen) atoms. The molecule has 0 aromatic heterocycles. The average Bonchev–Trinajstić information content (AvgIpc) is 3.07. The quantitative estimate of drug-likeness (QED) is 0.665. The number of rotatable bonds is 3. The normalized spacial score (nSPS) is 30.0. The summed E-state index contributed by atoms with van der Waals surface area (Å²) < 4.78 is 0. The van der Waals surface area contributed by atoms with Gasteiger partial charge in [-0.2, -0.15) is 0 Å². The lowest BCUT2D eigenvalue weighted by Gasteiger charge is -2.01. The lowest BCUT2D eigenvalue weighted by atomic mass is 10.1. The topological polar surface area (TPSA) is 29.4 Å². The van der Waals surface area contributed by atoms with Crippen molar-refractivity contribution in [2.24, 2.45) is 17.0 Å². The van der Waals surface area contributed by atoms with Crippen molar-refractivity contribution >= 4 is 5.69 Å². The fourth-order valence-electron chi connectivity index (χ4n) is 2.50. The predicted molar refractivity (Wildman–Crippen MR) is 55.5 cm³/mol. The van der Waals surface area contributed by atoms with Crippen LogP contribution in [0.3, 0.4) is 0 Å². The SMILES string of the molecule is O=Nc1ccccc1C1CC1C1CC1. The Kier molecular flexibility index (Phi) is 1.69. The molecule has 0 aliphatic heterocycles. The lowest BCUT2D eigenvalue weighted by Crippen LogP contribution is -1.85. The fourth-order valence-corrected chi connectivity index (χ4v) is 2.50. The van der Waals surface area contributed by atoms with Gasteiger partial charge in [-0.25, -0.2) is 0 Å². The highest BCUT2D eigenvalue weighted by molar-refractivity contribution is 5.49. The highest BCUT2D eigenvalue weighted by Crippen LogP contribution is 2.60. The zero-order chi connectivity index (χ0) is 9.54. The van der Waals surface area contributed by atoms with Crippen molar-refractivity contribution < 1.29 is 0 Å². The Morgan fingerprint density at radius 3 is 2.71 bits per heavy atom. The van der Waals surface area contributed by atoms with E-state index in [0.717, 1.165) is 11.8 Å². The molecule has 2 atom stereocenters. The van der Waals surface area contributed by atoms with Crippen LogP contribution >= 0.6 is 0 Å². The molecule has 0 N–H and O–H groups in total. The van der Waals surface area contributed by atoms with E-state index in [-0.39, 0.29) is 0 Å². The molecule has 2 aliphatic carbocycles. The minimum absolute atomic E-state index is 0.636. The van der Waals surface area contributed by atoms with Gasteiger partial charge in [-0.3, -0.25) is 0 Å². The standard InChI is InChI=1S/C12H13NO/c14-13-12-4-2-1-3-9(12)11-7-10(11)8-5-6-8/h1-4,8,10-11H,5-7H2. The largest absolute Gasteiger partial charge is 0.145 e. The van der Waals surface area contributed by atoms with Crippen LogP contribution in [-0.4, -0.2) is 0 Å². The van der Waals surface area contributed by atoms with E-state index in [9.17, 15) is 4.91 Å². The summed E-state index contributed by atoms with van der Waals surface area (Å²) in [5, 5.41) is 3.10. The van der Waals surface area contributed by atoms with Gasteiger partial charge in [-0.05, 0) is 53.8 Å². The third kappa shape index (κ3) is 1.26. The highest BCUT2D eigenvalue weighted by atomic mass is 16.3. The van der Waals surface area contributed by atoms with Gasteiger partial charge in [0.05, 0.1) is 0 Å². The van der Waals surface area contributed by atoms with E-state index in [0.29, 0.717) is 11.6 Å². The summed E-state index contributed by atoms with van der Waals surface area (Å²) >= 11 is 0. The zero-order valence-electron chi connectivity index (χ0n) is 8.02. The van der Waals surface area contributed by atoms with Crippen molar-refractivity contribution in [3.8, 4) is 0 Å². The van der Waals surface area contributed by atoms with Crippen LogP contribution in [0.4, 0.5) is 5.69 Å². The summed E-state index contributed by atoms with van der Waals surface area (Å²) in [6, 6.07) is 7.77. The molecule has 0 radical (unpaired) electrons. The Labute approximate surface area is 83.3 Å². The maximum atomic E-state index is 10.6. The summed E-state index contributed by atoms with van der Waals surface area (Å²) in [6.07, 6.45) is 4.08. The predicted octanol–water partition coefficient (Wildman–Crippen LogP) is 3.60. The molecule has 0 heterocycles. The van der Waals surface area contributed by atoms with Crippen LogP contribution in [0.2, 0.25) is 0 Å². The first kappa shape index (κ1) is 8.16. The maximum absolute atomic E-state index is 10.6. The van der Waals surface area contributed by atoms with Gasteiger partial charge in [0.2, 0.25) is 0 Å². The molecule has 0 spiro atoms. The third-order valence-electron chi connectivity index (χ3n) is 3.50. The van der Waals surface area contributed by atoms with Crippen molar-refractivity contribution in [2.45, 2.75) is 25.2 Å². The van der Waals surface area contributed by atoms with Crippen LogP contribution < -0.4 is 0 Å². The molecular formula is C12H13NO. The number of nitrogens with zero attached hydrogens (tertiary/aromatic N) is 1. The van der Waals surface area contributed by atoms with Crippen LogP contribution in [-0.2, 0) is 0 Å². The number of benzene rings is 1. The van der Waals surface area contributed by atoms with Crippen molar-refractivity contribution in [1.82, 2.24) is 0 Å². The van der Waals surface area contributed by atoms with Crippen LogP contribution in [0, 0.1) is 16.7 Å². The van der Waals surface area contributed by atoms with E-state index in [4.69, 9.17) is 0 Å². The summed E-state index contributed by atoms with van der Waals surface area (Å²) in [4.78, 5) is 10.6. The molecule has 3 rings (SSSR count). The minimum atomic E-state index is 0.636. The van der Waals surface area contributed by atoms with Gasteiger partial charge in [0.1, 0.15) is 5.69 Å². The first-order valence-corrected chi connectivity index (χ1v) is 5.32. The Balaban J connectivity index is 1.85. The first-order chi connectivity index (χ1) is 6.90. The van der Waals surface area contributed by atoms with Gasteiger partial charge in [-0.1, -0.05) is 18.2 Å². The second-order valence-corrected chi connectivity index (χ2v) is 4.49. The molecular weight excluding hydrogens is 174 g/mol. The van der Waals surface area contributed by atoms with E-state index in [1.54, 1.807) is 0 Å². The molecule has 72 valence electrons. The molecule has 2 heteroatoms. The Hall–Kier alpha value is -1.18. The zero-order valence-corrected chi connectivity index (χ0v) is 8.02. The molecule has 0 saturated heterocycles. The van der Waals surface area contributed by atoms with Crippen LogP contribution in [0.5, 0.6) is 0 Å². The van der Waals surface area contributed by atoms with Crippen LogP contribution in [0.25, 0.3) is 0 Å². The van der Waals surface area contributed by atoms with Gasteiger partial charge in [0, 0.05) is 0 Å². The molecule has 0 bridgehead atoms. The average molecular weight is 187 g/mol. The first-order valence-electron chi connectivity index (χ1n) is 5.32. The van der Waals surface area contributed by atoms with Gasteiger partial charge in [-0.15, -0.1) is 4.91 Å². The van der Waals surface area contributed by atoms with Gasteiger partial charge in [0.25, 0.3) is 0 Å². The smallest absolute Gasteiger partial charge is 0.111 e. The Morgan fingerprint density at radius 1 is 1.21 bits per heavy atom. The molecule has 2 nitrogen and oxygen atoms in total. The molecule has 1 aromatic rings. The Bertz CT molecular complexity index is 370. The number of hydrogen-bond donors (Lipinski definition) is 0. The minimum Gasteiger partial charge on any atom is -0.145 e. The monoisotopic (exact) mass is 187 g/mol. The molecule has 1 aromatic carbocycles. The second-order valence-electron chi connectivity index (χ2n) is 4.49. The van der Waals surface area contributed by atoms with E-state index in [2.05, 4.69) is 11.2 Å². The van der Waals surface area contributed by atoms with E-state index in [1.165, 1.54) is 24.8 Å². The van der Waals surface area contributed by atoms with Crippen LogP contribution in [0.15, 0.2) is 29.4 Å². The second kappa shape index (κ2) is 2.91. The van der Waals surface area contributed by atoms with Crippen molar-refractivity contribution in [2.75, 3.05) is 0 Å². The van der Waals surface area contributed by atoms with Crippen molar-refractivity contribution in [3.05, 3.63) is 34.7 Å². The number of nitroso groups, excluding NO2 is 1. The summed E-state index contributed by atoms with van der Waals surface area (Å²) in [5.41, 5.74) is 1.83. The van der Waals surface area contributed by atoms with E-state index in [1.807, 2.05) is 18.2 Å². The van der Waals surface area contributed by atoms with E-state index >= 15 is 0 Å². The van der Waals surface area contributed by atoms with Crippen LogP contribution in [0.1, 0.15) is 30.7 Å². The lowest BCUT2D eigenvalue weighted by molar-refractivity contribution is 0.690. The summed E-state index contributed by atoms with van der Waals surface area (Å²) in [7, 11) is 0. The van der Waals surface area contributed by atoms with Gasteiger partial charge >= 0.3 is 0 Å². The maximum Gasteiger partial charge on any atom is 0.111 e. The van der Waals surface area contributed by atoms with Gasteiger partial charge < -0.3 is 0 Å². The number of hydrogen-bond acceptors (Lipinski definition) is 2. The molecule has 0 amide bonds. The molecule has 2 unspecified atom stereocenters. The van der Waals surface area contributed by atoms with Gasteiger partial charge in [0.15, 0.2) is 0 Å². The Morgan fingerprint density at radius 2 is 2.00 bits per heavy atom. The molecule has 2 fully saturated rings. The highest BCUT2D eigenvalue weighted by Gasteiger charge is 2.48. The van der Waals surface area contributed by atoms with Crippen molar-refractivity contribution in [3.63, 3.8) is 0 Å². The molecule has 2 saturated carbocycles. The third-order valence-corrected chi connectivity index (χ3v) is 3.50. The van der Waals surface area contributed by atoms with E-state index < -0.39 is 0 Å². The van der Waals surface area contributed by atoms with Crippen molar-refractivity contribution in [1.29, 1.82) is 0 Å². The fraction of sp³-hybridized carbons (Fsp3) is 0.500. The summed E-state index contributed by atoms with van der Waals surface area (Å²) in [6.45, 7) is 0. The summed E-state index contributed by atoms with van der Waals surface area (Å²) in [5.74, 6) is 2.45.